The van der Waals surface area contributed by atoms with Gasteiger partial charge in [0, 0.05) is 31.0 Å². The van der Waals surface area contributed by atoms with Crippen LogP contribution in [0.4, 0.5) is 11.6 Å². The first kappa shape index (κ1) is 21.0. The Kier molecular flexibility index (Phi) is 5.99. The van der Waals surface area contributed by atoms with Crippen molar-refractivity contribution in [1.82, 2.24) is 25.1 Å². The molecule has 0 spiro atoms. The standard InChI is InChI=1S/C23H29N7O/c1-14-10-15(2)12-16(11-14)26-23-25-9-8-19(28-23)20-13-21(30(3)29-20)22(31)27-18-7-5-4-6-17(18)24/h8-13,17-18H,4-7,24H2,1-3H3,(H,27,31)(H,25,26,28). The van der Waals surface area contributed by atoms with Crippen LogP contribution in [-0.2, 0) is 7.05 Å². The van der Waals surface area contributed by atoms with Gasteiger partial charge in [-0.25, -0.2) is 9.97 Å². The second-order valence-electron chi connectivity index (χ2n) is 8.33. The molecular formula is C23H29N7O. The lowest BCUT2D eigenvalue weighted by atomic mass is 9.91. The van der Waals surface area contributed by atoms with Crippen molar-refractivity contribution in [2.75, 3.05) is 5.32 Å². The number of rotatable bonds is 5. The van der Waals surface area contributed by atoms with Gasteiger partial charge in [0.2, 0.25) is 5.95 Å². The predicted octanol–water partition coefficient (Wildman–Crippen LogP) is 3.24. The molecule has 0 saturated heterocycles. The molecule has 2 aromatic heterocycles. The fourth-order valence-electron chi connectivity index (χ4n) is 4.12. The van der Waals surface area contributed by atoms with Gasteiger partial charge in [-0.2, -0.15) is 5.10 Å². The Morgan fingerprint density at radius 1 is 1.10 bits per heavy atom. The Hall–Kier alpha value is -3.26. The molecular weight excluding hydrogens is 390 g/mol. The Balaban J connectivity index is 1.52. The molecule has 0 bridgehead atoms. The zero-order valence-electron chi connectivity index (χ0n) is 18.2. The summed E-state index contributed by atoms with van der Waals surface area (Å²) in [5, 5.41) is 10.8. The van der Waals surface area contributed by atoms with Crippen molar-refractivity contribution in [3.8, 4) is 11.4 Å². The van der Waals surface area contributed by atoms with Gasteiger partial charge >= 0.3 is 0 Å². The Morgan fingerprint density at radius 2 is 1.84 bits per heavy atom. The van der Waals surface area contributed by atoms with Crippen LogP contribution in [0.25, 0.3) is 11.4 Å². The van der Waals surface area contributed by atoms with Gasteiger partial charge in [0.25, 0.3) is 5.91 Å². The van der Waals surface area contributed by atoms with Crippen molar-refractivity contribution in [3.63, 3.8) is 0 Å². The van der Waals surface area contributed by atoms with Gasteiger partial charge in [0.1, 0.15) is 11.4 Å². The monoisotopic (exact) mass is 419 g/mol. The molecule has 1 aliphatic rings. The number of nitrogens with zero attached hydrogens (tertiary/aromatic N) is 4. The van der Waals surface area contributed by atoms with Gasteiger partial charge in [-0.1, -0.05) is 18.9 Å². The number of aromatic nitrogens is 4. The summed E-state index contributed by atoms with van der Waals surface area (Å²) in [5.74, 6) is 0.318. The van der Waals surface area contributed by atoms with Crippen molar-refractivity contribution in [3.05, 3.63) is 53.3 Å². The smallest absolute Gasteiger partial charge is 0.269 e. The van der Waals surface area contributed by atoms with E-state index in [0.29, 0.717) is 23.0 Å². The number of nitrogens with two attached hydrogens (primary N) is 1. The largest absolute Gasteiger partial charge is 0.346 e. The summed E-state index contributed by atoms with van der Waals surface area (Å²) in [6.07, 6.45) is 5.75. The number of carbonyl (C=O) groups is 1. The molecule has 1 aromatic carbocycles. The number of hydrogen-bond acceptors (Lipinski definition) is 6. The predicted molar refractivity (Wildman–Crippen MR) is 121 cm³/mol. The van der Waals surface area contributed by atoms with Gasteiger partial charge in [-0.15, -0.1) is 0 Å². The Bertz CT molecular complexity index is 1070. The average Bonchev–Trinajstić information content (AvgIpc) is 3.11. The lowest BCUT2D eigenvalue weighted by Gasteiger charge is -2.29. The maximum Gasteiger partial charge on any atom is 0.269 e. The van der Waals surface area contributed by atoms with Crippen molar-refractivity contribution in [1.29, 1.82) is 0 Å². The highest BCUT2D eigenvalue weighted by atomic mass is 16.2. The molecule has 2 unspecified atom stereocenters. The van der Waals surface area contributed by atoms with E-state index in [1.807, 2.05) is 12.1 Å². The third kappa shape index (κ3) is 4.91. The molecule has 3 aromatic rings. The van der Waals surface area contributed by atoms with Gasteiger partial charge < -0.3 is 16.4 Å². The fraction of sp³-hybridized carbons (Fsp3) is 0.391. The van der Waals surface area contributed by atoms with E-state index < -0.39 is 0 Å². The van der Waals surface area contributed by atoms with Crippen LogP contribution < -0.4 is 16.4 Å². The average molecular weight is 420 g/mol. The van der Waals surface area contributed by atoms with E-state index in [9.17, 15) is 4.79 Å². The number of anilines is 2. The zero-order valence-corrected chi connectivity index (χ0v) is 18.2. The normalized spacial score (nSPS) is 18.6. The molecule has 1 fully saturated rings. The van der Waals surface area contributed by atoms with E-state index in [2.05, 4.69) is 45.6 Å². The molecule has 2 heterocycles. The van der Waals surface area contributed by atoms with E-state index in [1.54, 1.807) is 30.1 Å². The number of aryl methyl sites for hydroxylation is 3. The number of amides is 1. The lowest BCUT2D eigenvalue weighted by Crippen LogP contribution is -2.49. The third-order valence-electron chi connectivity index (χ3n) is 5.64. The summed E-state index contributed by atoms with van der Waals surface area (Å²) < 4.78 is 1.58. The summed E-state index contributed by atoms with van der Waals surface area (Å²) in [7, 11) is 1.76. The maximum atomic E-state index is 12.8. The number of nitrogens with one attached hydrogen (secondary N) is 2. The summed E-state index contributed by atoms with van der Waals surface area (Å²) in [4.78, 5) is 21.7. The molecule has 4 rings (SSSR count). The third-order valence-corrected chi connectivity index (χ3v) is 5.64. The highest BCUT2D eigenvalue weighted by Gasteiger charge is 2.25. The maximum absolute atomic E-state index is 12.8. The number of benzene rings is 1. The van der Waals surface area contributed by atoms with Crippen LogP contribution in [0.15, 0.2) is 36.5 Å². The minimum atomic E-state index is -0.161. The van der Waals surface area contributed by atoms with E-state index >= 15 is 0 Å². The van der Waals surface area contributed by atoms with Crippen LogP contribution in [-0.4, -0.2) is 37.7 Å². The Labute approximate surface area is 182 Å². The first-order valence-electron chi connectivity index (χ1n) is 10.7. The topological polar surface area (TPSA) is 111 Å². The van der Waals surface area contributed by atoms with Crippen LogP contribution in [0.5, 0.6) is 0 Å². The van der Waals surface area contributed by atoms with Crippen LogP contribution >= 0.6 is 0 Å². The second-order valence-corrected chi connectivity index (χ2v) is 8.33. The SMILES string of the molecule is Cc1cc(C)cc(Nc2nccc(-c3cc(C(=O)NC4CCCCC4N)n(C)n3)n2)c1. The van der Waals surface area contributed by atoms with Crippen molar-refractivity contribution >= 4 is 17.5 Å². The Morgan fingerprint density at radius 3 is 2.58 bits per heavy atom. The summed E-state index contributed by atoms with van der Waals surface area (Å²) in [6, 6.07) is 9.76. The molecule has 0 radical (unpaired) electrons. The minimum Gasteiger partial charge on any atom is -0.346 e. The highest BCUT2D eigenvalue weighted by molar-refractivity contribution is 5.93. The van der Waals surface area contributed by atoms with Gasteiger partial charge in [0.15, 0.2) is 0 Å². The van der Waals surface area contributed by atoms with E-state index in [0.717, 1.165) is 42.5 Å². The van der Waals surface area contributed by atoms with Crippen LogP contribution in [0.1, 0.15) is 47.3 Å². The molecule has 8 heteroatoms. The number of carbonyl (C=O) groups excluding carboxylic acids is 1. The van der Waals surface area contributed by atoms with Gasteiger partial charge in [-0.3, -0.25) is 9.48 Å². The quantitative estimate of drug-likeness (QED) is 0.585. The molecule has 162 valence electrons. The zero-order chi connectivity index (χ0) is 22.0. The molecule has 31 heavy (non-hydrogen) atoms. The first-order chi connectivity index (χ1) is 14.9. The minimum absolute atomic E-state index is 0.00570. The van der Waals surface area contributed by atoms with Crippen molar-refractivity contribution in [2.24, 2.45) is 12.8 Å². The van der Waals surface area contributed by atoms with E-state index in [4.69, 9.17) is 5.73 Å². The first-order valence-corrected chi connectivity index (χ1v) is 10.7. The molecule has 1 amide bonds. The van der Waals surface area contributed by atoms with Crippen LogP contribution in [0.3, 0.4) is 0 Å². The molecule has 2 atom stereocenters. The second kappa shape index (κ2) is 8.85. The van der Waals surface area contributed by atoms with E-state index in [1.165, 1.54) is 0 Å². The van der Waals surface area contributed by atoms with Crippen LogP contribution in [0.2, 0.25) is 0 Å². The molecule has 1 saturated carbocycles. The highest BCUT2D eigenvalue weighted by Crippen LogP contribution is 2.22. The molecule has 8 nitrogen and oxygen atoms in total. The summed E-state index contributed by atoms with van der Waals surface area (Å²) >= 11 is 0. The molecule has 1 aliphatic carbocycles. The lowest BCUT2D eigenvalue weighted by molar-refractivity contribution is 0.0911. The summed E-state index contributed by atoms with van der Waals surface area (Å²) in [5.41, 5.74) is 11.2. The summed E-state index contributed by atoms with van der Waals surface area (Å²) in [6.45, 7) is 4.10. The molecule has 4 N–H and O–H groups in total. The fourth-order valence-corrected chi connectivity index (χ4v) is 4.12. The number of hydrogen-bond donors (Lipinski definition) is 3. The van der Waals surface area contributed by atoms with Crippen molar-refractivity contribution in [2.45, 2.75) is 51.6 Å². The van der Waals surface area contributed by atoms with Gasteiger partial charge in [-0.05, 0) is 62.1 Å². The molecule has 0 aliphatic heterocycles. The van der Waals surface area contributed by atoms with Gasteiger partial charge in [0.05, 0.1) is 5.69 Å². The van der Waals surface area contributed by atoms with Crippen molar-refractivity contribution < 1.29 is 4.79 Å². The van der Waals surface area contributed by atoms with Crippen LogP contribution in [0, 0.1) is 13.8 Å². The van der Waals surface area contributed by atoms with E-state index in [-0.39, 0.29) is 18.0 Å².